The van der Waals surface area contributed by atoms with Crippen LogP contribution >= 0.6 is 11.8 Å². The van der Waals surface area contributed by atoms with Crippen molar-refractivity contribution in [2.24, 2.45) is 0 Å². The van der Waals surface area contributed by atoms with Crippen LogP contribution in [-0.2, 0) is 13.2 Å². The largest absolute Gasteiger partial charge is 0.508 e. The van der Waals surface area contributed by atoms with E-state index in [0.29, 0.717) is 18.4 Å². The molecule has 31 heavy (non-hydrogen) atoms. The van der Waals surface area contributed by atoms with Crippen LogP contribution in [0.5, 0.6) is 11.5 Å². The summed E-state index contributed by atoms with van der Waals surface area (Å²) in [7, 11) is 0. The highest BCUT2D eigenvalue weighted by Crippen LogP contribution is 2.35. The van der Waals surface area contributed by atoms with E-state index in [0.717, 1.165) is 40.1 Å². The molecule has 0 spiro atoms. The number of hydrogen-bond donors (Lipinski definition) is 2. The molecule has 0 unspecified atom stereocenters. The van der Waals surface area contributed by atoms with Crippen LogP contribution in [0, 0.1) is 13.8 Å². The molecule has 1 heterocycles. The summed E-state index contributed by atoms with van der Waals surface area (Å²) in [5.74, 6) is 3.75. The number of nitrogens with one attached hydrogen (secondary N) is 1. The van der Waals surface area contributed by atoms with E-state index in [1.807, 2.05) is 31.2 Å². The lowest BCUT2D eigenvalue weighted by molar-refractivity contribution is 0.304. The lowest BCUT2D eigenvalue weighted by atomic mass is 9.95. The van der Waals surface area contributed by atoms with Gasteiger partial charge in [-0.05, 0) is 83.7 Å². The molecule has 2 N–H and O–H groups in total. The maximum Gasteiger partial charge on any atom is 0.123 e. The number of phenolic OH excluding ortho intramolecular Hbond substituents is 1. The van der Waals surface area contributed by atoms with Gasteiger partial charge in [-0.3, -0.25) is 0 Å². The average Bonchev–Trinajstić information content (AvgIpc) is 2.80. The first-order valence-corrected chi connectivity index (χ1v) is 12.2. The smallest absolute Gasteiger partial charge is 0.123 e. The molecule has 1 aliphatic heterocycles. The zero-order valence-corrected chi connectivity index (χ0v) is 19.2. The summed E-state index contributed by atoms with van der Waals surface area (Å²) in [6.45, 7) is 5.49. The van der Waals surface area contributed by atoms with Crippen LogP contribution in [0.15, 0.2) is 60.7 Å². The van der Waals surface area contributed by atoms with Gasteiger partial charge in [0.25, 0.3) is 0 Å². The van der Waals surface area contributed by atoms with Gasteiger partial charge in [0.05, 0.1) is 0 Å². The van der Waals surface area contributed by atoms with E-state index in [4.69, 9.17) is 4.74 Å². The Bertz CT molecular complexity index is 1010. The van der Waals surface area contributed by atoms with Crippen LogP contribution in [0.25, 0.3) is 11.1 Å². The van der Waals surface area contributed by atoms with Gasteiger partial charge >= 0.3 is 0 Å². The highest BCUT2D eigenvalue weighted by Gasteiger charge is 2.13. The lowest BCUT2D eigenvalue weighted by Gasteiger charge is -2.22. The molecule has 0 radical (unpaired) electrons. The van der Waals surface area contributed by atoms with Crippen molar-refractivity contribution < 1.29 is 9.84 Å². The van der Waals surface area contributed by atoms with Crippen molar-refractivity contribution in [2.45, 2.75) is 45.9 Å². The van der Waals surface area contributed by atoms with Crippen molar-refractivity contribution >= 4 is 11.8 Å². The fourth-order valence-electron chi connectivity index (χ4n) is 4.06. The number of phenols is 1. The summed E-state index contributed by atoms with van der Waals surface area (Å²) < 4.78 is 6.17. The molecule has 4 rings (SSSR count). The van der Waals surface area contributed by atoms with Gasteiger partial charge in [0, 0.05) is 12.6 Å². The molecule has 1 aliphatic rings. The highest BCUT2D eigenvalue weighted by atomic mass is 32.2. The monoisotopic (exact) mass is 433 g/mol. The number of rotatable bonds is 7. The molecule has 0 atom stereocenters. The number of aromatic hydroxyl groups is 1. The minimum absolute atomic E-state index is 0.320. The molecule has 0 saturated carbocycles. The number of benzene rings is 3. The van der Waals surface area contributed by atoms with E-state index in [9.17, 15) is 5.11 Å². The van der Waals surface area contributed by atoms with Gasteiger partial charge in [-0.1, -0.05) is 48.5 Å². The summed E-state index contributed by atoms with van der Waals surface area (Å²) >= 11 is 2.06. The molecule has 3 aromatic rings. The van der Waals surface area contributed by atoms with Gasteiger partial charge in [-0.2, -0.15) is 11.8 Å². The van der Waals surface area contributed by atoms with Crippen LogP contribution in [0.3, 0.4) is 0 Å². The quantitative estimate of drug-likeness (QED) is 0.463. The van der Waals surface area contributed by atoms with E-state index in [-0.39, 0.29) is 0 Å². The average molecular weight is 434 g/mol. The van der Waals surface area contributed by atoms with Crippen LogP contribution in [0.4, 0.5) is 0 Å². The minimum atomic E-state index is 0.320. The Balaban J connectivity index is 1.38. The first-order valence-electron chi connectivity index (χ1n) is 11.0. The Labute approximate surface area is 189 Å². The third-order valence-corrected chi connectivity index (χ3v) is 7.16. The Morgan fingerprint density at radius 2 is 1.52 bits per heavy atom. The second-order valence-electron chi connectivity index (χ2n) is 8.25. The zero-order chi connectivity index (χ0) is 21.6. The SMILES string of the molecule is Cc1c(O)cccc1-c1cccc(OCc2ccc(CNC3CCSCC3)cc2)c1C. The Kier molecular flexibility index (Phi) is 7.21. The summed E-state index contributed by atoms with van der Waals surface area (Å²) in [4.78, 5) is 0. The summed E-state index contributed by atoms with van der Waals surface area (Å²) in [6, 6.07) is 21.1. The molecule has 0 aliphatic carbocycles. The normalized spacial score (nSPS) is 14.5. The van der Waals surface area contributed by atoms with Crippen LogP contribution in [0.1, 0.15) is 35.1 Å². The maximum absolute atomic E-state index is 10.1. The molecule has 1 saturated heterocycles. The zero-order valence-electron chi connectivity index (χ0n) is 18.4. The molecular formula is C27H31NO2S. The van der Waals surface area contributed by atoms with Gasteiger partial charge in [0.2, 0.25) is 0 Å². The second kappa shape index (κ2) is 10.3. The Morgan fingerprint density at radius 1 is 0.871 bits per heavy atom. The Hall–Kier alpha value is -2.43. The third kappa shape index (κ3) is 5.44. The standard InChI is InChI=1S/C27H31NO2S/c1-19-24(5-3-7-26(19)29)25-6-4-8-27(20(25)2)30-18-22-11-9-21(10-12-22)17-28-23-13-15-31-16-14-23/h3-12,23,28-29H,13-18H2,1-2H3. The predicted octanol–water partition coefficient (Wildman–Crippen LogP) is 6.24. The van der Waals surface area contributed by atoms with Crippen LogP contribution < -0.4 is 10.1 Å². The second-order valence-corrected chi connectivity index (χ2v) is 9.48. The highest BCUT2D eigenvalue weighted by molar-refractivity contribution is 7.99. The first-order chi connectivity index (χ1) is 15.1. The van der Waals surface area contributed by atoms with Crippen LogP contribution in [0.2, 0.25) is 0 Å². The van der Waals surface area contributed by atoms with Crippen molar-refractivity contribution in [3.8, 4) is 22.6 Å². The molecule has 162 valence electrons. The van der Waals surface area contributed by atoms with Gasteiger partial charge < -0.3 is 15.2 Å². The Morgan fingerprint density at radius 3 is 2.26 bits per heavy atom. The van der Waals surface area contributed by atoms with Gasteiger partial charge in [0.15, 0.2) is 0 Å². The topological polar surface area (TPSA) is 41.5 Å². The van der Waals surface area contributed by atoms with E-state index < -0.39 is 0 Å². The summed E-state index contributed by atoms with van der Waals surface area (Å²) in [5.41, 5.74) is 6.59. The molecule has 0 aromatic heterocycles. The van der Waals surface area contributed by atoms with Crippen LogP contribution in [-0.4, -0.2) is 22.7 Å². The first kappa shape index (κ1) is 21.8. The van der Waals surface area contributed by atoms with E-state index >= 15 is 0 Å². The third-order valence-electron chi connectivity index (χ3n) is 6.11. The molecule has 3 aromatic carbocycles. The maximum atomic E-state index is 10.1. The van der Waals surface area contributed by atoms with Crippen molar-refractivity contribution in [1.29, 1.82) is 0 Å². The molecule has 4 heteroatoms. The van der Waals surface area contributed by atoms with Crippen molar-refractivity contribution in [2.75, 3.05) is 11.5 Å². The molecular weight excluding hydrogens is 402 g/mol. The molecule has 3 nitrogen and oxygen atoms in total. The molecule has 0 amide bonds. The van der Waals surface area contributed by atoms with Crippen molar-refractivity contribution in [1.82, 2.24) is 5.32 Å². The summed E-state index contributed by atoms with van der Waals surface area (Å²) in [5, 5.41) is 13.8. The lowest BCUT2D eigenvalue weighted by Crippen LogP contribution is -2.31. The van der Waals surface area contributed by atoms with Gasteiger partial charge in [0.1, 0.15) is 18.1 Å². The van der Waals surface area contributed by atoms with E-state index in [1.54, 1.807) is 6.07 Å². The number of ether oxygens (including phenoxy) is 1. The predicted molar refractivity (Wildman–Crippen MR) is 131 cm³/mol. The number of thioether (sulfide) groups is 1. The number of hydrogen-bond acceptors (Lipinski definition) is 4. The fourth-order valence-corrected chi connectivity index (χ4v) is 5.16. The van der Waals surface area contributed by atoms with Crippen molar-refractivity contribution in [3.05, 3.63) is 82.9 Å². The van der Waals surface area contributed by atoms with Gasteiger partial charge in [-0.15, -0.1) is 0 Å². The van der Waals surface area contributed by atoms with Gasteiger partial charge in [-0.25, -0.2) is 0 Å². The van der Waals surface area contributed by atoms with E-state index in [2.05, 4.69) is 54.3 Å². The van der Waals surface area contributed by atoms with E-state index in [1.165, 1.54) is 29.9 Å². The minimum Gasteiger partial charge on any atom is -0.508 e. The van der Waals surface area contributed by atoms with Crippen molar-refractivity contribution in [3.63, 3.8) is 0 Å². The fraction of sp³-hybridized carbons (Fsp3) is 0.333. The molecule has 1 fully saturated rings. The summed E-state index contributed by atoms with van der Waals surface area (Å²) in [6.07, 6.45) is 2.55. The molecule has 0 bridgehead atoms.